The Hall–Kier alpha value is -2.60. The van der Waals surface area contributed by atoms with Gasteiger partial charge in [0.25, 0.3) is 0 Å². The lowest BCUT2D eigenvalue weighted by molar-refractivity contribution is -0.134. The highest BCUT2D eigenvalue weighted by Gasteiger charge is 2.28. The SMILES string of the molecule is COc1ccc2cc(C(C)C(=O)N3CCN(CC(=O)NC4CC4)CC3)ccc2c1. The number of nitrogens with zero attached hydrogens (tertiary/aromatic N) is 2. The summed E-state index contributed by atoms with van der Waals surface area (Å²) in [6, 6.07) is 12.5. The highest BCUT2D eigenvalue weighted by molar-refractivity contribution is 5.88. The van der Waals surface area contributed by atoms with Gasteiger partial charge < -0.3 is 15.0 Å². The quantitative estimate of drug-likeness (QED) is 0.816. The summed E-state index contributed by atoms with van der Waals surface area (Å²) in [6.07, 6.45) is 2.21. The van der Waals surface area contributed by atoms with E-state index in [1.165, 1.54) is 0 Å². The van der Waals surface area contributed by atoms with E-state index < -0.39 is 0 Å². The molecule has 1 heterocycles. The molecule has 4 rings (SSSR count). The summed E-state index contributed by atoms with van der Waals surface area (Å²) in [5, 5.41) is 5.24. The normalized spacial score (nSPS) is 18.5. The Bertz CT molecular complexity index is 901. The molecule has 2 aromatic carbocycles. The maximum atomic E-state index is 13.0. The Morgan fingerprint density at radius 1 is 1.07 bits per heavy atom. The van der Waals surface area contributed by atoms with Crippen LogP contribution in [0.5, 0.6) is 5.75 Å². The van der Waals surface area contributed by atoms with Crippen LogP contribution in [0.4, 0.5) is 0 Å². The van der Waals surface area contributed by atoms with Gasteiger partial charge in [0.1, 0.15) is 5.75 Å². The average Bonchev–Trinajstić information content (AvgIpc) is 3.56. The molecule has 2 amide bonds. The molecule has 0 aromatic heterocycles. The van der Waals surface area contributed by atoms with Crippen LogP contribution >= 0.6 is 0 Å². The summed E-state index contributed by atoms with van der Waals surface area (Å²) in [7, 11) is 1.66. The number of fused-ring (bicyclic) bond motifs is 1. The van der Waals surface area contributed by atoms with Crippen molar-refractivity contribution >= 4 is 22.6 Å². The maximum Gasteiger partial charge on any atom is 0.234 e. The van der Waals surface area contributed by atoms with Crippen molar-refractivity contribution in [2.24, 2.45) is 0 Å². The van der Waals surface area contributed by atoms with Crippen molar-refractivity contribution in [3.63, 3.8) is 0 Å². The lowest BCUT2D eigenvalue weighted by atomic mass is 9.96. The topological polar surface area (TPSA) is 61.9 Å². The zero-order chi connectivity index (χ0) is 20.4. The summed E-state index contributed by atoms with van der Waals surface area (Å²) < 4.78 is 5.28. The van der Waals surface area contributed by atoms with E-state index in [4.69, 9.17) is 4.74 Å². The van der Waals surface area contributed by atoms with Gasteiger partial charge in [-0.3, -0.25) is 14.5 Å². The van der Waals surface area contributed by atoms with E-state index in [0.717, 1.165) is 48.0 Å². The predicted molar refractivity (Wildman–Crippen MR) is 113 cm³/mol. The fourth-order valence-corrected chi connectivity index (χ4v) is 3.89. The second kappa shape index (κ2) is 8.41. The molecule has 1 aliphatic heterocycles. The van der Waals surface area contributed by atoms with E-state index in [9.17, 15) is 9.59 Å². The van der Waals surface area contributed by atoms with Gasteiger partial charge in [0, 0.05) is 32.2 Å². The minimum absolute atomic E-state index is 0.105. The molecule has 1 saturated carbocycles. The third kappa shape index (κ3) is 4.70. The number of ether oxygens (including phenoxy) is 1. The molecule has 1 saturated heterocycles. The molecule has 0 bridgehead atoms. The summed E-state index contributed by atoms with van der Waals surface area (Å²) in [6.45, 7) is 5.24. The van der Waals surface area contributed by atoms with Gasteiger partial charge in [-0.05, 0) is 48.2 Å². The second-order valence-corrected chi connectivity index (χ2v) is 8.14. The van der Waals surface area contributed by atoms with Gasteiger partial charge in [-0.25, -0.2) is 0 Å². The molecule has 29 heavy (non-hydrogen) atoms. The van der Waals surface area contributed by atoms with Gasteiger partial charge in [-0.2, -0.15) is 0 Å². The van der Waals surface area contributed by atoms with Crippen molar-refractivity contribution in [3.8, 4) is 5.75 Å². The minimum atomic E-state index is -0.189. The van der Waals surface area contributed by atoms with Gasteiger partial charge in [0.2, 0.25) is 11.8 Å². The van der Waals surface area contributed by atoms with Gasteiger partial charge in [-0.1, -0.05) is 24.3 Å². The zero-order valence-electron chi connectivity index (χ0n) is 17.2. The van der Waals surface area contributed by atoms with Crippen molar-refractivity contribution in [1.82, 2.24) is 15.1 Å². The molecule has 2 aromatic rings. The van der Waals surface area contributed by atoms with Crippen molar-refractivity contribution in [1.29, 1.82) is 0 Å². The van der Waals surface area contributed by atoms with E-state index in [1.807, 2.05) is 42.2 Å². The Labute approximate surface area is 171 Å². The number of carbonyl (C=O) groups is 2. The molecule has 1 N–H and O–H groups in total. The minimum Gasteiger partial charge on any atom is -0.497 e. The van der Waals surface area contributed by atoms with Crippen LogP contribution in [-0.4, -0.2) is 67.5 Å². The molecule has 154 valence electrons. The zero-order valence-corrected chi connectivity index (χ0v) is 17.2. The van der Waals surface area contributed by atoms with Crippen molar-refractivity contribution < 1.29 is 14.3 Å². The summed E-state index contributed by atoms with van der Waals surface area (Å²) in [5.41, 5.74) is 1.03. The first kappa shape index (κ1) is 19.7. The van der Waals surface area contributed by atoms with Crippen LogP contribution in [0, 0.1) is 0 Å². The van der Waals surface area contributed by atoms with E-state index in [2.05, 4.69) is 16.3 Å². The van der Waals surface area contributed by atoms with E-state index >= 15 is 0 Å². The first-order chi connectivity index (χ1) is 14.0. The largest absolute Gasteiger partial charge is 0.497 e. The van der Waals surface area contributed by atoms with Crippen LogP contribution in [0.3, 0.4) is 0 Å². The van der Waals surface area contributed by atoms with E-state index in [-0.39, 0.29) is 17.7 Å². The van der Waals surface area contributed by atoms with Crippen LogP contribution in [0.2, 0.25) is 0 Å². The van der Waals surface area contributed by atoms with Crippen molar-refractivity contribution in [2.45, 2.75) is 31.7 Å². The number of hydrogen-bond donors (Lipinski definition) is 1. The van der Waals surface area contributed by atoms with E-state index in [1.54, 1.807) is 7.11 Å². The number of rotatable bonds is 6. The second-order valence-electron chi connectivity index (χ2n) is 8.14. The third-order valence-corrected chi connectivity index (χ3v) is 5.94. The number of carbonyl (C=O) groups excluding carboxylic acids is 2. The Balaban J connectivity index is 1.34. The molecule has 0 radical (unpaired) electrons. The van der Waals surface area contributed by atoms with Crippen LogP contribution < -0.4 is 10.1 Å². The number of hydrogen-bond acceptors (Lipinski definition) is 4. The molecule has 1 unspecified atom stereocenters. The maximum absolute atomic E-state index is 13.0. The van der Waals surface area contributed by atoms with Crippen LogP contribution in [-0.2, 0) is 9.59 Å². The number of nitrogens with one attached hydrogen (secondary N) is 1. The van der Waals surface area contributed by atoms with Gasteiger partial charge in [0.15, 0.2) is 0 Å². The van der Waals surface area contributed by atoms with Crippen LogP contribution in [0.15, 0.2) is 36.4 Å². The summed E-state index contributed by atoms with van der Waals surface area (Å²) in [5.74, 6) is 0.901. The van der Waals surface area contributed by atoms with Crippen LogP contribution in [0.1, 0.15) is 31.2 Å². The summed E-state index contributed by atoms with van der Waals surface area (Å²) in [4.78, 5) is 29.1. The molecule has 2 fully saturated rings. The Kier molecular flexibility index (Phi) is 5.72. The fourth-order valence-electron chi connectivity index (χ4n) is 3.89. The summed E-state index contributed by atoms with van der Waals surface area (Å²) >= 11 is 0. The molecular formula is C23H29N3O3. The molecule has 2 aliphatic rings. The number of methoxy groups -OCH3 is 1. The average molecular weight is 396 g/mol. The van der Waals surface area contributed by atoms with Crippen molar-refractivity contribution in [2.75, 3.05) is 39.8 Å². The monoisotopic (exact) mass is 395 g/mol. The smallest absolute Gasteiger partial charge is 0.234 e. The Morgan fingerprint density at radius 2 is 1.76 bits per heavy atom. The standard InChI is InChI=1S/C23H29N3O3/c1-16(17-3-4-19-14-21(29-2)8-5-18(19)13-17)23(28)26-11-9-25(10-12-26)15-22(27)24-20-6-7-20/h3-5,8,13-14,16,20H,6-7,9-12,15H2,1-2H3,(H,24,27). The number of amides is 2. The molecule has 1 aliphatic carbocycles. The number of piperazine rings is 1. The molecule has 0 spiro atoms. The molecule has 6 nitrogen and oxygen atoms in total. The lowest BCUT2D eigenvalue weighted by Gasteiger charge is -2.35. The van der Waals surface area contributed by atoms with Crippen LogP contribution in [0.25, 0.3) is 10.8 Å². The number of benzene rings is 2. The first-order valence-electron chi connectivity index (χ1n) is 10.4. The van der Waals surface area contributed by atoms with Gasteiger partial charge >= 0.3 is 0 Å². The van der Waals surface area contributed by atoms with E-state index in [0.29, 0.717) is 25.7 Å². The van der Waals surface area contributed by atoms with Gasteiger partial charge in [-0.15, -0.1) is 0 Å². The highest BCUT2D eigenvalue weighted by atomic mass is 16.5. The Morgan fingerprint density at radius 3 is 2.45 bits per heavy atom. The third-order valence-electron chi connectivity index (χ3n) is 5.94. The van der Waals surface area contributed by atoms with Crippen molar-refractivity contribution in [3.05, 3.63) is 42.0 Å². The molecule has 1 atom stereocenters. The predicted octanol–water partition coefficient (Wildman–Crippen LogP) is 2.37. The highest BCUT2D eigenvalue weighted by Crippen LogP contribution is 2.26. The lowest BCUT2D eigenvalue weighted by Crippen LogP contribution is -2.52. The van der Waals surface area contributed by atoms with Gasteiger partial charge in [0.05, 0.1) is 19.6 Å². The molecular weight excluding hydrogens is 366 g/mol. The molecule has 6 heteroatoms. The fraction of sp³-hybridized carbons (Fsp3) is 0.478. The first-order valence-corrected chi connectivity index (χ1v) is 10.4.